The van der Waals surface area contributed by atoms with Crippen molar-refractivity contribution in [3.63, 3.8) is 0 Å². The summed E-state index contributed by atoms with van der Waals surface area (Å²) in [5, 5.41) is 2.99. The Bertz CT molecular complexity index is 796. The van der Waals surface area contributed by atoms with Gasteiger partial charge in [-0.05, 0) is 63.2 Å². The number of carbonyl (C=O) groups is 1. The number of ether oxygens (including phenoxy) is 1. The van der Waals surface area contributed by atoms with E-state index in [1.807, 2.05) is 45.0 Å². The van der Waals surface area contributed by atoms with Crippen LogP contribution in [0, 0.1) is 13.8 Å². The average Bonchev–Trinajstić information content (AvgIpc) is 2.68. The molecule has 3 rings (SSSR count). The summed E-state index contributed by atoms with van der Waals surface area (Å²) in [4.78, 5) is 17.4. The summed E-state index contributed by atoms with van der Waals surface area (Å²) < 4.78 is 5.99. The molecule has 1 atom stereocenters. The first-order valence-corrected chi connectivity index (χ1v) is 10.0. The molecule has 28 heavy (non-hydrogen) atoms. The minimum absolute atomic E-state index is 0.116. The van der Waals surface area contributed by atoms with Crippen molar-refractivity contribution >= 4 is 17.3 Å². The van der Waals surface area contributed by atoms with Crippen molar-refractivity contribution in [1.29, 1.82) is 0 Å². The summed E-state index contributed by atoms with van der Waals surface area (Å²) in [6.07, 6.45) is 0.0946. The Kier molecular flexibility index (Phi) is 6.57. The van der Waals surface area contributed by atoms with E-state index in [2.05, 4.69) is 40.4 Å². The van der Waals surface area contributed by atoms with Crippen molar-refractivity contribution in [3.8, 4) is 5.75 Å². The van der Waals surface area contributed by atoms with Crippen molar-refractivity contribution < 1.29 is 9.53 Å². The molecule has 0 spiro atoms. The lowest BCUT2D eigenvalue weighted by atomic mass is 10.1. The zero-order valence-electron chi connectivity index (χ0n) is 17.4. The zero-order chi connectivity index (χ0) is 20.1. The van der Waals surface area contributed by atoms with E-state index in [-0.39, 0.29) is 5.91 Å². The highest BCUT2D eigenvalue weighted by molar-refractivity contribution is 5.94. The third-order valence-corrected chi connectivity index (χ3v) is 5.27. The number of amides is 1. The molecule has 0 radical (unpaired) electrons. The fraction of sp³-hybridized carbons (Fsp3) is 0.435. The van der Waals surface area contributed by atoms with E-state index in [0.717, 1.165) is 43.2 Å². The van der Waals surface area contributed by atoms with E-state index in [4.69, 9.17) is 4.74 Å². The van der Waals surface area contributed by atoms with Gasteiger partial charge in [-0.15, -0.1) is 0 Å². The van der Waals surface area contributed by atoms with Crippen LogP contribution in [0.25, 0.3) is 0 Å². The Balaban J connectivity index is 1.60. The largest absolute Gasteiger partial charge is 0.480 e. The molecule has 1 saturated heterocycles. The predicted molar refractivity (Wildman–Crippen MR) is 115 cm³/mol. The molecule has 0 unspecified atom stereocenters. The fourth-order valence-electron chi connectivity index (χ4n) is 3.45. The number of carbonyl (C=O) groups excluding carboxylic acids is 1. The number of aryl methyl sites for hydroxylation is 2. The number of likely N-dealkylation sites (N-methyl/N-ethyl adjacent to an activating group) is 1. The molecule has 0 saturated carbocycles. The summed E-state index contributed by atoms with van der Waals surface area (Å²) in [7, 11) is 2.15. The van der Waals surface area contributed by atoms with E-state index in [9.17, 15) is 4.79 Å². The average molecular weight is 382 g/mol. The van der Waals surface area contributed by atoms with Gasteiger partial charge >= 0.3 is 0 Å². The minimum atomic E-state index is -0.515. The number of rotatable bonds is 6. The summed E-state index contributed by atoms with van der Waals surface area (Å²) in [6, 6.07) is 14.1. The summed E-state index contributed by atoms with van der Waals surface area (Å²) >= 11 is 0. The number of nitrogens with one attached hydrogen (secondary N) is 1. The lowest BCUT2D eigenvalue weighted by Crippen LogP contribution is -2.44. The van der Waals surface area contributed by atoms with Gasteiger partial charge in [-0.1, -0.05) is 24.6 Å². The van der Waals surface area contributed by atoms with Gasteiger partial charge in [0, 0.05) is 37.6 Å². The molecule has 1 heterocycles. The van der Waals surface area contributed by atoms with Crippen LogP contribution < -0.4 is 15.0 Å². The smallest absolute Gasteiger partial charge is 0.265 e. The van der Waals surface area contributed by atoms with Crippen molar-refractivity contribution in [2.75, 3.05) is 43.4 Å². The topological polar surface area (TPSA) is 44.8 Å². The van der Waals surface area contributed by atoms with Crippen molar-refractivity contribution in [3.05, 3.63) is 53.6 Å². The maximum Gasteiger partial charge on any atom is 0.265 e. The van der Waals surface area contributed by atoms with Gasteiger partial charge in [0.15, 0.2) is 6.10 Å². The van der Waals surface area contributed by atoms with Gasteiger partial charge in [-0.25, -0.2) is 0 Å². The molecule has 0 aromatic heterocycles. The van der Waals surface area contributed by atoms with E-state index < -0.39 is 6.10 Å². The van der Waals surface area contributed by atoms with Crippen LogP contribution in [-0.4, -0.2) is 50.1 Å². The number of benzene rings is 2. The van der Waals surface area contributed by atoms with Crippen LogP contribution in [0.1, 0.15) is 24.5 Å². The van der Waals surface area contributed by atoms with Gasteiger partial charge in [0.05, 0.1) is 0 Å². The van der Waals surface area contributed by atoms with Crippen LogP contribution in [-0.2, 0) is 4.79 Å². The Labute approximate surface area is 168 Å². The van der Waals surface area contributed by atoms with Crippen molar-refractivity contribution in [2.24, 2.45) is 0 Å². The summed E-state index contributed by atoms with van der Waals surface area (Å²) in [5.41, 5.74) is 4.22. The van der Waals surface area contributed by atoms with Gasteiger partial charge in [-0.2, -0.15) is 0 Å². The lowest BCUT2D eigenvalue weighted by Gasteiger charge is -2.34. The molecular formula is C23H31N3O2. The van der Waals surface area contributed by atoms with Gasteiger partial charge < -0.3 is 19.9 Å². The lowest BCUT2D eigenvalue weighted by molar-refractivity contribution is -0.122. The first-order chi connectivity index (χ1) is 13.5. The Morgan fingerprint density at radius 1 is 1.07 bits per heavy atom. The van der Waals surface area contributed by atoms with Crippen LogP contribution in [0.5, 0.6) is 5.75 Å². The van der Waals surface area contributed by atoms with Crippen LogP contribution in [0.3, 0.4) is 0 Å². The van der Waals surface area contributed by atoms with Gasteiger partial charge in [-0.3, -0.25) is 4.79 Å². The van der Waals surface area contributed by atoms with Crippen molar-refractivity contribution in [1.82, 2.24) is 4.90 Å². The molecule has 1 aliphatic heterocycles. The fourth-order valence-corrected chi connectivity index (χ4v) is 3.45. The van der Waals surface area contributed by atoms with Crippen LogP contribution in [0.4, 0.5) is 11.4 Å². The minimum Gasteiger partial charge on any atom is -0.480 e. The zero-order valence-corrected chi connectivity index (χ0v) is 17.4. The molecule has 150 valence electrons. The molecular weight excluding hydrogens is 350 g/mol. The second-order valence-electron chi connectivity index (χ2n) is 7.61. The molecule has 5 heteroatoms. The van der Waals surface area contributed by atoms with E-state index in [1.54, 1.807) is 0 Å². The molecule has 2 aromatic rings. The van der Waals surface area contributed by atoms with E-state index >= 15 is 0 Å². The van der Waals surface area contributed by atoms with Gasteiger partial charge in [0.2, 0.25) is 0 Å². The number of piperazine rings is 1. The molecule has 1 amide bonds. The molecule has 0 bridgehead atoms. The highest BCUT2D eigenvalue weighted by atomic mass is 16.5. The standard InChI is InChI=1S/C23H31N3O2/c1-5-21(28-22-11-6-17(2)16-18(22)3)23(27)24-19-7-9-20(10-8-19)26-14-12-25(4)13-15-26/h6-11,16,21H,5,12-15H2,1-4H3,(H,24,27)/t21-/m1/s1. The van der Waals surface area contributed by atoms with Crippen LogP contribution in [0.2, 0.25) is 0 Å². The second kappa shape index (κ2) is 9.11. The quantitative estimate of drug-likeness (QED) is 0.825. The first kappa shape index (κ1) is 20.2. The van der Waals surface area contributed by atoms with Gasteiger partial charge in [0.25, 0.3) is 5.91 Å². The highest BCUT2D eigenvalue weighted by Crippen LogP contribution is 2.22. The Morgan fingerprint density at radius 2 is 1.75 bits per heavy atom. The first-order valence-electron chi connectivity index (χ1n) is 10.0. The van der Waals surface area contributed by atoms with Crippen LogP contribution >= 0.6 is 0 Å². The normalized spacial score (nSPS) is 15.9. The third-order valence-electron chi connectivity index (χ3n) is 5.27. The third kappa shape index (κ3) is 5.04. The maximum absolute atomic E-state index is 12.7. The number of anilines is 2. The van der Waals surface area contributed by atoms with E-state index in [0.29, 0.717) is 6.42 Å². The molecule has 1 aliphatic rings. The molecule has 2 aromatic carbocycles. The molecule has 0 aliphatic carbocycles. The SMILES string of the molecule is CC[C@@H](Oc1ccc(C)cc1C)C(=O)Nc1ccc(N2CCN(C)CC2)cc1. The number of hydrogen-bond donors (Lipinski definition) is 1. The molecule has 5 nitrogen and oxygen atoms in total. The van der Waals surface area contributed by atoms with Gasteiger partial charge in [0.1, 0.15) is 5.75 Å². The second-order valence-corrected chi connectivity index (χ2v) is 7.61. The monoisotopic (exact) mass is 381 g/mol. The number of hydrogen-bond acceptors (Lipinski definition) is 4. The Hall–Kier alpha value is -2.53. The van der Waals surface area contributed by atoms with Crippen molar-refractivity contribution in [2.45, 2.75) is 33.3 Å². The maximum atomic E-state index is 12.7. The summed E-state index contributed by atoms with van der Waals surface area (Å²) in [6.45, 7) is 10.2. The Morgan fingerprint density at radius 3 is 2.36 bits per heavy atom. The van der Waals surface area contributed by atoms with E-state index in [1.165, 1.54) is 11.3 Å². The molecule has 1 N–H and O–H groups in total. The predicted octanol–water partition coefficient (Wildman–Crippen LogP) is 3.85. The molecule has 1 fully saturated rings. The number of nitrogens with zero attached hydrogens (tertiary/aromatic N) is 2. The summed E-state index contributed by atoms with van der Waals surface area (Å²) in [5.74, 6) is 0.646. The van der Waals surface area contributed by atoms with Crippen LogP contribution in [0.15, 0.2) is 42.5 Å². The highest BCUT2D eigenvalue weighted by Gasteiger charge is 2.20.